The first-order valence-electron chi connectivity index (χ1n) is 14.9. The molecule has 0 bridgehead atoms. The van der Waals surface area contributed by atoms with E-state index in [4.69, 9.17) is 9.72 Å². The van der Waals surface area contributed by atoms with Crippen LogP contribution < -0.4 is 4.74 Å². The minimum absolute atomic E-state index is 0.226. The fourth-order valence-electron chi connectivity index (χ4n) is 6.23. The third-order valence-electron chi connectivity index (χ3n) is 8.01. The van der Waals surface area contributed by atoms with Gasteiger partial charge in [0, 0.05) is 40.9 Å². The third kappa shape index (κ3) is 5.13. The van der Waals surface area contributed by atoms with Crippen LogP contribution in [0.15, 0.2) is 110 Å². The molecule has 6 heteroatoms. The molecule has 44 heavy (non-hydrogen) atoms. The molecule has 7 aromatic rings. The van der Waals surface area contributed by atoms with E-state index in [0.29, 0.717) is 11.7 Å². The summed E-state index contributed by atoms with van der Waals surface area (Å²) in [6.07, 6.45) is 6.69. The molecule has 0 aliphatic rings. The summed E-state index contributed by atoms with van der Waals surface area (Å²) in [7, 11) is 0. The number of halogens is 1. The first kappa shape index (κ1) is 27.6. The number of para-hydroxylation sites is 1. The molecule has 0 unspecified atom stereocenters. The molecule has 218 valence electrons. The summed E-state index contributed by atoms with van der Waals surface area (Å²) in [5.41, 5.74) is 7.99. The Bertz CT molecular complexity index is 2130. The number of rotatable bonds is 7. The van der Waals surface area contributed by atoms with Crippen LogP contribution in [0.25, 0.3) is 44.4 Å². The second-order valence-corrected chi connectivity index (χ2v) is 11.8. The van der Waals surface area contributed by atoms with E-state index in [1.165, 1.54) is 10.9 Å². The minimum Gasteiger partial charge on any atom is -0.457 e. The smallest absolute Gasteiger partial charge is 0.137 e. The van der Waals surface area contributed by atoms with Crippen LogP contribution >= 0.6 is 0 Å². The summed E-state index contributed by atoms with van der Waals surface area (Å²) >= 11 is 0. The van der Waals surface area contributed by atoms with E-state index < -0.39 is 0 Å². The molecule has 3 heterocycles. The van der Waals surface area contributed by atoms with Gasteiger partial charge in [-0.05, 0) is 103 Å². The lowest BCUT2D eigenvalue weighted by Crippen LogP contribution is -2.01. The van der Waals surface area contributed by atoms with Gasteiger partial charge in [0.1, 0.15) is 23.1 Å². The minimum atomic E-state index is -0.226. The number of ether oxygens (including phenoxy) is 1. The zero-order valence-corrected chi connectivity index (χ0v) is 25.3. The molecule has 0 amide bonds. The molecule has 0 fully saturated rings. The van der Waals surface area contributed by atoms with Gasteiger partial charge in [0.05, 0.1) is 22.9 Å². The average molecular weight is 581 g/mol. The Morgan fingerprint density at radius 2 is 1.57 bits per heavy atom. The van der Waals surface area contributed by atoms with Crippen LogP contribution in [0, 0.1) is 25.6 Å². The molecule has 5 nitrogen and oxygen atoms in total. The number of fused-ring (bicyclic) bond motifs is 3. The van der Waals surface area contributed by atoms with E-state index in [2.05, 4.69) is 72.0 Å². The van der Waals surface area contributed by atoms with Crippen LogP contribution in [0.1, 0.15) is 30.5 Å². The van der Waals surface area contributed by atoms with Crippen molar-refractivity contribution in [2.75, 3.05) is 0 Å². The lowest BCUT2D eigenvalue weighted by molar-refractivity contribution is 0.483. The number of hydrogen-bond acceptors (Lipinski definition) is 3. The predicted octanol–water partition coefficient (Wildman–Crippen LogP) is 9.78. The van der Waals surface area contributed by atoms with Crippen molar-refractivity contribution in [1.82, 2.24) is 19.3 Å². The van der Waals surface area contributed by atoms with E-state index in [0.717, 1.165) is 62.3 Å². The standard InChI is InChI=1S/C38H33FN4O/c1-24(2)16-27-14-15-40-37(19-27)43-35-11-6-5-10-33(35)34-13-12-32(21-36(34)43)44-31-9-7-8-30(20-31)42-23-28(22-41-42)38-25(3)17-29(39)18-26(38)4/h5-15,17-24H,16H2,1-4H3. The van der Waals surface area contributed by atoms with E-state index >= 15 is 0 Å². The van der Waals surface area contributed by atoms with Gasteiger partial charge >= 0.3 is 0 Å². The fraction of sp³-hybridized carbons (Fsp3) is 0.158. The summed E-state index contributed by atoms with van der Waals surface area (Å²) < 4.78 is 24.4. The second kappa shape index (κ2) is 11.1. The monoisotopic (exact) mass is 580 g/mol. The number of aromatic nitrogens is 4. The van der Waals surface area contributed by atoms with Crippen LogP contribution in [0.3, 0.4) is 0 Å². The predicted molar refractivity (Wildman–Crippen MR) is 176 cm³/mol. The molecule has 0 N–H and O–H groups in total. The molecule has 0 aliphatic heterocycles. The molecule has 0 saturated heterocycles. The highest BCUT2D eigenvalue weighted by molar-refractivity contribution is 6.09. The number of benzene rings is 4. The maximum absolute atomic E-state index is 13.9. The molecular formula is C38H33FN4O. The largest absolute Gasteiger partial charge is 0.457 e. The molecule has 0 atom stereocenters. The van der Waals surface area contributed by atoms with Crippen LogP contribution in [-0.4, -0.2) is 19.3 Å². The second-order valence-electron chi connectivity index (χ2n) is 11.8. The molecule has 3 aromatic heterocycles. The van der Waals surface area contributed by atoms with Crippen molar-refractivity contribution in [1.29, 1.82) is 0 Å². The maximum atomic E-state index is 13.9. The summed E-state index contributed by atoms with van der Waals surface area (Å²) in [6, 6.07) is 29.9. The zero-order valence-electron chi connectivity index (χ0n) is 25.3. The normalized spacial score (nSPS) is 11.6. The molecule has 0 saturated carbocycles. The Balaban J connectivity index is 1.24. The van der Waals surface area contributed by atoms with Gasteiger partial charge < -0.3 is 4.74 Å². The molecule has 0 aliphatic carbocycles. The Morgan fingerprint density at radius 3 is 2.39 bits per heavy atom. The van der Waals surface area contributed by atoms with Gasteiger partial charge in [0.15, 0.2) is 0 Å². The Morgan fingerprint density at radius 1 is 0.795 bits per heavy atom. The van der Waals surface area contributed by atoms with Crippen LogP contribution in [0.5, 0.6) is 11.5 Å². The van der Waals surface area contributed by atoms with Crippen molar-refractivity contribution in [2.45, 2.75) is 34.1 Å². The molecule has 0 spiro atoms. The van der Waals surface area contributed by atoms with Crippen LogP contribution in [-0.2, 0) is 6.42 Å². The van der Waals surface area contributed by atoms with Crippen molar-refractivity contribution in [3.63, 3.8) is 0 Å². The Labute approximate surface area is 256 Å². The average Bonchev–Trinajstić information content (AvgIpc) is 3.60. The topological polar surface area (TPSA) is 44.9 Å². The summed E-state index contributed by atoms with van der Waals surface area (Å²) in [5, 5.41) is 6.93. The number of nitrogens with zero attached hydrogens (tertiary/aromatic N) is 4. The Hall–Kier alpha value is -5.23. The maximum Gasteiger partial charge on any atom is 0.137 e. The van der Waals surface area contributed by atoms with Crippen molar-refractivity contribution >= 4 is 21.8 Å². The SMILES string of the molecule is Cc1cc(F)cc(C)c1-c1cnn(-c2cccc(Oc3ccc4c5ccccc5n(-c5cc(CC(C)C)ccn5)c4c3)c2)c1. The zero-order chi connectivity index (χ0) is 30.4. The van der Waals surface area contributed by atoms with E-state index in [1.54, 1.807) is 12.1 Å². The molecule has 4 aromatic carbocycles. The van der Waals surface area contributed by atoms with Crippen molar-refractivity contribution in [2.24, 2.45) is 5.92 Å². The van der Waals surface area contributed by atoms with E-state index in [9.17, 15) is 4.39 Å². The van der Waals surface area contributed by atoms with Gasteiger partial charge in [-0.15, -0.1) is 0 Å². The molecule has 0 radical (unpaired) electrons. The number of hydrogen-bond donors (Lipinski definition) is 0. The van der Waals surface area contributed by atoms with E-state index in [-0.39, 0.29) is 5.82 Å². The number of aryl methyl sites for hydroxylation is 2. The van der Waals surface area contributed by atoms with E-state index in [1.807, 2.05) is 67.5 Å². The summed E-state index contributed by atoms with van der Waals surface area (Å²) in [5.74, 6) is 2.66. The van der Waals surface area contributed by atoms with Gasteiger partial charge in [-0.25, -0.2) is 14.1 Å². The lowest BCUT2D eigenvalue weighted by atomic mass is 9.98. The number of pyridine rings is 1. The summed E-state index contributed by atoms with van der Waals surface area (Å²) in [4.78, 5) is 4.78. The molecular weight excluding hydrogens is 547 g/mol. The summed E-state index contributed by atoms with van der Waals surface area (Å²) in [6.45, 7) is 8.31. The third-order valence-corrected chi connectivity index (χ3v) is 8.01. The highest BCUT2D eigenvalue weighted by Gasteiger charge is 2.15. The van der Waals surface area contributed by atoms with Gasteiger partial charge in [-0.1, -0.05) is 38.1 Å². The van der Waals surface area contributed by atoms with Gasteiger partial charge in [0.2, 0.25) is 0 Å². The highest BCUT2D eigenvalue weighted by atomic mass is 19.1. The fourth-order valence-corrected chi connectivity index (χ4v) is 6.23. The van der Waals surface area contributed by atoms with Crippen molar-refractivity contribution in [3.05, 3.63) is 132 Å². The first-order valence-corrected chi connectivity index (χ1v) is 14.9. The van der Waals surface area contributed by atoms with Crippen molar-refractivity contribution in [3.8, 4) is 34.1 Å². The molecule has 7 rings (SSSR count). The van der Waals surface area contributed by atoms with Gasteiger partial charge in [-0.3, -0.25) is 4.57 Å². The van der Waals surface area contributed by atoms with Crippen LogP contribution in [0.2, 0.25) is 0 Å². The highest BCUT2D eigenvalue weighted by Crippen LogP contribution is 2.35. The lowest BCUT2D eigenvalue weighted by Gasteiger charge is -2.11. The quantitative estimate of drug-likeness (QED) is 0.189. The Kier molecular flexibility index (Phi) is 6.97. The first-order chi connectivity index (χ1) is 21.3. The van der Waals surface area contributed by atoms with Gasteiger partial charge in [-0.2, -0.15) is 5.10 Å². The van der Waals surface area contributed by atoms with Crippen LogP contribution in [0.4, 0.5) is 4.39 Å². The van der Waals surface area contributed by atoms with Crippen molar-refractivity contribution < 1.29 is 9.13 Å². The van der Waals surface area contributed by atoms with Gasteiger partial charge in [0.25, 0.3) is 0 Å².